The van der Waals surface area contributed by atoms with Crippen molar-refractivity contribution in [1.82, 2.24) is 10.2 Å². The lowest BCUT2D eigenvalue weighted by atomic mass is 10.1. The summed E-state index contributed by atoms with van der Waals surface area (Å²) >= 11 is 0. The van der Waals surface area contributed by atoms with Gasteiger partial charge in [0, 0.05) is 12.6 Å². The summed E-state index contributed by atoms with van der Waals surface area (Å²) in [6.45, 7) is 2.92. The molecule has 0 bridgehead atoms. The number of hydrogen-bond donors (Lipinski definition) is 2. The first-order valence-electron chi connectivity index (χ1n) is 5.85. The Hall–Kier alpha value is -0.770. The Kier molecular flexibility index (Phi) is 2.87. The van der Waals surface area contributed by atoms with Gasteiger partial charge in [-0.25, -0.2) is 4.79 Å². The van der Waals surface area contributed by atoms with E-state index in [0.29, 0.717) is 25.6 Å². The third-order valence-electron chi connectivity index (χ3n) is 3.42. The molecule has 1 aliphatic carbocycles. The molecule has 1 heterocycles. The quantitative estimate of drug-likeness (QED) is 0.683. The van der Waals surface area contributed by atoms with E-state index in [1.54, 1.807) is 11.8 Å². The number of β-amino-alcohol motifs (C(OH)–C–C–N with tert-alkyl or cyclic N) is 1. The average Bonchev–Trinajstić information content (AvgIpc) is 2.74. The van der Waals surface area contributed by atoms with Crippen molar-refractivity contribution < 1.29 is 9.90 Å². The Morgan fingerprint density at radius 1 is 1.47 bits per heavy atom. The predicted octanol–water partition coefficient (Wildman–Crippen LogP) is 1.10. The molecule has 1 atom stereocenters. The fourth-order valence-electron chi connectivity index (χ4n) is 2.45. The molecule has 2 aliphatic rings. The molecule has 2 rings (SSSR count). The zero-order valence-electron chi connectivity index (χ0n) is 9.33. The lowest BCUT2D eigenvalue weighted by Crippen LogP contribution is -2.44. The van der Waals surface area contributed by atoms with Crippen LogP contribution in [0.5, 0.6) is 0 Å². The molecule has 86 valence electrons. The second-order valence-corrected chi connectivity index (χ2v) is 5.10. The van der Waals surface area contributed by atoms with E-state index >= 15 is 0 Å². The summed E-state index contributed by atoms with van der Waals surface area (Å²) in [5.41, 5.74) is -0.687. The molecule has 2 fully saturated rings. The smallest absolute Gasteiger partial charge is 0.317 e. The predicted molar refractivity (Wildman–Crippen MR) is 57.6 cm³/mol. The van der Waals surface area contributed by atoms with Crippen LogP contribution >= 0.6 is 0 Å². The second-order valence-electron chi connectivity index (χ2n) is 5.10. The highest BCUT2D eigenvalue weighted by Gasteiger charge is 2.34. The van der Waals surface area contributed by atoms with Gasteiger partial charge in [0.05, 0.1) is 12.1 Å². The fraction of sp³-hybridized carbons (Fsp3) is 0.909. The molecule has 0 aromatic heterocycles. The zero-order valence-corrected chi connectivity index (χ0v) is 9.33. The van der Waals surface area contributed by atoms with Crippen LogP contribution in [-0.4, -0.2) is 40.8 Å². The zero-order chi connectivity index (χ0) is 10.9. The number of carbonyl (C=O) groups excluding carboxylic acids is 1. The molecule has 1 unspecified atom stereocenters. The Morgan fingerprint density at radius 2 is 2.13 bits per heavy atom. The number of nitrogens with zero attached hydrogens (tertiary/aromatic N) is 1. The van der Waals surface area contributed by atoms with Crippen molar-refractivity contribution in [3.63, 3.8) is 0 Å². The summed E-state index contributed by atoms with van der Waals surface area (Å²) in [5, 5.41) is 12.8. The molecule has 0 aromatic rings. The first-order valence-corrected chi connectivity index (χ1v) is 5.85. The lowest BCUT2D eigenvalue weighted by molar-refractivity contribution is 0.0717. The molecular formula is C11H20N2O2. The molecule has 4 nitrogen and oxygen atoms in total. The van der Waals surface area contributed by atoms with E-state index in [-0.39, 0.29) is 6.03 Å². The molecule has 2 amide bonds. The number of amides is 2. The first kappa shape index (κ1) is 10.7. The topological polar surface area (TPSA) is 52.6 Å². The largest absolute Gasteiger partial charge is 0.388 e. The summed E-state index contributed by atoms with van der Waals surface area (Å²) < 4.78 is 0. The number of carbonyl (C=O) groups is 1. The van der Waals surface area contributed by atoms with Crippen molar-refractivity contribution in [3.05, 3.63) is 0 Å². The summed E-state index contributed by atoms with van der Waals surface area (Å²) in [6, 6.07) is 0.364. The monoisotopic (exact) mass is 212 g/mol. The van der Waals surface area contributed by atoms with Gasteiger partial charge in [-0.15, -0.1) is 0 Å². The summed E-state index contributed by atoms with van der Waals surface area (Å²) in [5.74, 6) is 0. The van der Waals surface area contributed by atoms with Crippen molar-refractivity contribution in [2.45, 2.75) is 50.7 Å². The van der Waals surface area contributed by atoms with Crippen molar-refractivity contribution in [3.8, 4) is 0 Å². The van der Waals surface area contributed by atoms with E-state index in [0.717, 1.165) is 12.8 Å². The highest BCUT2D eigenvalue weighted by molar-refractivity contribution is 5.75. The minimum Gasteiger partial charge on any atom is -0.388 e. The van der Waals surface area contributed by atoms with E-state index in [1.165, 1.54) is 12.8 Å². The van der Waals surface area contributed by atoms with Crippen molar-refractivity contribution >= 4 is 6.03 Å². The first-order chi connectivity index (χ1) is 7.07. The van der Waals surface area contributed by atoms with Crippen LogP contribution in [0.25, 0.3) is 0 Å². The molecule has 1 saturated heterocycles. The van der Waals surface area contributed by atoms with Crippen LogP contribution in [0.4, 0.5) is 4.79 Å². The Bertz CT molecular complexity index is 247. The fourth-order valence-corrected chi connectivity index (χ4v) is 2.45. The highest BCUT2D eigenvalue weighted by atomic mass is 16.3. The van der Waals surface area contributed by atoms with Crippen LogP contribution in [0.1, 0.15) is 39.0 Å². The van der Waals surface area contributed by atoms with Crippen molar-refractivity contribution in [2.24, 2.45) is 0 Å². The van der Waals surface area contributed by atoms with E-state index in [1.807, 2.05) is 0 Å². The van der Waals surface area contributed by atoms with Crippen LogP contribution in [0.3, 0.4) is 0 Å². The summed E-state index contributed by atoms with van der Waals surface area (Å²) in [7, 11) is 0. The van der Waals surface area contributed by atoms with E-state index in [9.17, 15) is 9.90 Å². The van der Waals surface area contributed by atoms with Crippen molar-refractivity contribution in [2.75, 3.05) is 13.1 Å². The maximum absolute atomic E-state index is 11.8. The van der Waals surface area contributed by atoms with Gasteiger partial charge in [-0.3, -0.25) is 0 Å². The molecule has 0 radical (unpaired) electrons. The Morgan fingerprint density at radius 3 is 2.67 bits per heavy atom. The maximum atomic E-state index is 11.8. The van der Waals surface area contributed by atoms with Gasteiger partial charge in [0.15, 0.2) is 0 Å². The van der Waals surface area contributed by atoms with Crippen LogP contribution in [0, 0.1) is 0 Å². The molecule has 0 aromatic carbocycles. The van der Waals surface area contributed by atoms with Gasteiger partial charge in [-0.05, 0) is 26.2 Å². The molecule has 0 spiro atoms. The van der Waals surface area contributed by atoms with Crippen LogP contribution in [0.2, 0.25) is 0 Å². The Balaban J connectivity index is 1.81. The minimum absolute atomic E-state index is 0.000301. The maximum Gasteiger partial charge on any atom is 0.317 e. The van der Waals surface area contributed by atoms with E-state index in [2.05, 4.69) is 5.32 Å². The van der Waals surface area contributed by atoms with Gasteiger partial charge in [0.1, 0.15) is 0 Å². The van der Waals surface area contributed by atoms with Crippen molar-refractivity contribution in [1.29, 1.82) is 0 Å². The van der Waals surface area contributed by atoms with Gasteiger partial charge >= 0.3 is 6.03 Å². The summed E-state index contributed by atoms with van der Waals surface area (Å²) in [6.07, 6.45) is 5.35. The number of rotatable bonds is 1. The molecule has 1 aliphatic heterocycles. The summed E-state index contributed by atoms with van der Waals surface area (Å²) in [4.78, 5) is 13.5. The van der Waals surface area contributed by atoms with Gasteiger partial charge in [-0.1, -0.05) is 12.8 Å². The third-order valence-corrected chi connectivity index (χ3v) is 3.42. The highest BCUT2D eigenvalue weighted by Crippen LogP contribution is 2.22. The molecule has 2 N–H and O–H groups in total. The van der Waals surface area contributed by atoms with Gasteiger partial charge in [0.25, 0.3) is 0 Å². The van der Waals surface area contributed by atoms with Crippen LogP contribution in [0.15, 0.2) is 0 Å². The van der Waals surface area contributed by atoms with E-state index < -0.39 is 5.60 Å². The normalized spacial score (nSPS) is 32.3. The average molecular weight is 212 g/mol. The SMILES string of the molecule is CC1(O)CCN(C(=O)NC2CCCC2)C1. The van der Waals surface area contributed by atoms with Crippen LogP contribution in [-0.2, 0) is 0 Å². The minimum atomic E-state index is -0.687. The van der Waals surface area contributed by atoms with Gasteiger partial charge in [0.2, 0.25) is 0 Å². The standard InChI is InChI=1S/C11H20N2O2/c1-11(15)6-7-13(8-11)10(14)12-9-4-2-3-5-9/h9,15H,2-8H2,1H3,(H,12,14). The number of likely N-dealkylation sites (tertiary alicyclic amines) is 1. The third kappa shape index (κ3) is 2.62. The molecule has 4 heteroatoms. The Labute approximate surface area is 90.6 Å². The van der Waals surface area contributed by atoms with Crippen LogP contribution < -0.4 is 5.32 Å². The van der Waals surface area contributed by atoms with E-state index in [4.69, 9.17) is 0 Å². The number of aliphatic hydroxyl groups is 1. The molecular weight excluding hydrogens is 192 g/mol. The second kappa shape index (κ2) is 4.00. The van der Waals surface area contributed by atoms with Gasteiger partial charge < -0.3 is 15.3 Å². The number of hydrogen-bond acceptors (Lipinski definition) is 2. The lowest BCUT2D eigenvalue weighted by Gasteiger charge is -2.21. The molecule has 15 heavy (non-hydrogen) atoms. The number of urea groups is 1. The number of nitrogens with one attached hydrogen (secondary N) is 1. The molecule has 1 saturated carbocycles. The van der Waals surface area contributed by atoms with Gasteiger partial charge in [-0.2, -0.15) is 0 Å².